The van der Waals surface area contributed by atoms with E-state index >= 15 is 0 Å². The van der Waals surface area contributed by atoms with Crippen molar-refractivity contribution in [3.63, 3.8) is 0 Å². The van der Waals surface area contributed by atoms with Crippen molar-refractivity contribution in [3.8, 4) is 0 Å². The SMILES string of the molecule is Cc1cccc(C(=O)Nc2c(C)cc(C(F)(C(F)(F)F)C(F)(F)F)cc2C)c1. The Bertz CT molecular complexity index is 863. The first kappa shape index (κ1) is 21.7. The van der Waals surface area contributed by atoms with Crippen molar-refractivity contribution in [2.45, 2.75) is 38.8 Å². The molecule has 2 rings (SSSR count). The number of rotatable bonds is 3. The van der Waals surface area contributed by atoms with Gasteiger partial charge >= 0.3 is 18.0 Å². The first-order chi connectivity index (χ1) is 12.7. The summed E-state index contributed by atoms with van der Waals surface area (Å²) < 4.78 is 92.0. The van der Waals surface area contributed by atoms with Gasteiger partial charge in [0.1, 0.15) is 0 Å². The highest BCUT2D eigenvalue weighted by atomic mass is 19.4. The monoisotopic (exact) mass is 407 g/mol. The number of halogens is 7. The summed E-state index contributed by atoms with van der Waals surface area (Å²) in [5, 5.41) is 2.45. The summed E-state index contributed by atoms with van der Waals surface area (Å²) in [6.07, 6.45) is -12.4. The van der Waals surface area contributed by atoms with Gasteiger partial charge in [-0.25, -0.2) is 4.39 Å². The maximum atomic E-state index is 14.3. The third kappa shape index (κ3) is 3.83. The Hall–Kier alpha value is -2.58. The van der Waals surface area contributed by atoms with Gasteiger partial charge in [-0.1, -0.05) is 29.8 Å². The van der Waals surface area contributed by atoms with E-state index in [0.717, 1.165) is 5.56 Å². The maximum Gasteiger partial charge on any atom is 0.435 e. The molecule has 28 heavy (non-hydrogen) atoms. The van der Waals surface area contributed by atoms with Crippen molar-refractivity contribution in [3.05, 3.63) is 64.2 Å². The van der Waals surface area contributed by atoms with Crippen molar-refractivity contribution in [2.24, 2.45) is 0 Å². The molecule has 1 N–H and O–H groups in total. The molecule has 0 fully saturated rings. The molecule has 0 heterocycles. The van der Waals surface area contributed by atoms with Crippen molar-refractivity contribution >= 4 is 11.6 Å². The maximum absolute atomic E-state index is 14.3. The van der Waals surface area contributed by atoms with Gasteiger partial charge in [0.2, 0.25) is 0 Å². The molecule has 0 saturated carbocycles. The summed E-state index contributed by atoms with van der Waals surface area (Å²) >= 11 is 0. The molecule has 0 atom stereocenters. The van der Waals surface area contributed by atoms with Crippen LogP contribution in [0.15, 0.2) is 36.4 Å². The van der Waals surface area contributed by atoms with E-state index in [1.54, 1.807) is 25.1 Å². The number of carbonyl (C=O) groups excluding carboxylic acids is 1. The summed E-state index contributed by atoms with van der Waals surface area (Å²) in [4.78, 5) is 12.3. The van der Waals surface area contributed by atoms with Gasteiger partial charge in [0.25, 0.3) is 5.91 Å². The Labute approximate surface area is 156 Å². The smallest absolute Gasteiger partial charge is 0.322 e. The van der Waals surface area contributed by atoms with Crippen molar-refractivity contribution < 1.29 is 35.5 Å². The number of amides is 1. The van der Waals surface area contributed by atoms with E-state index in [0.29, 0.717) is 12.1 Å². The Balaban J connectivity index is 2.49. The van der Waals surface area contributed by atoms with Gasteiger partial charge in [0, 0.05) is 16.8 Å². The predicted octanol–water partition coefficient (Wildman–Crippen LogP) is 6.15. The van der Waals surface area contributed by atoms with Crippen LogP contribution in [-0.2, 0) is 5.67 Å². The van der Waals surface area contributed by atoms with Crippen LogP contribution in [0.4, 0.5) is 36.4 Å². The molecular formula is C19H16F7NO. The minimum absolute atomic E-state index is 0.0157. The second kappa shape index (κ2) is 7.10. The van der Waals surface area contributed by atoms with Gasteiger partial charge in [-0.3, -0.25) is 4.79 Å². The van der Waals surface area contributed by atoms with E-state index in [1.807, 2.05) is 0 Å². The molecular weight excluding hydrogens is 391 g/mol. The van der Waals surface area contributed by atoms with Crippen LogP contribution in [0, 0.1) is 20.8 Å². The molecule has 0 aromatic heterocycles. The van der Waals surface area contributed by atoms with E-state index in [2.05, 4.69) is 5.32 Å². The van der Waals surface area contributed by atoms with Crippen LogP contribution in [0.5, 0.6) is 0 Å². The van der Waals surface area contributed by atoms with Crippen LogP contribution in [0.1, 0.15) is 32.6 Å². The highest BCUT2D eigenvalue weighted by molar-refractivity contribution is 6.05. The van der Waals surface area contributed by atoms with E-state index < -0.39 is 29.5 Å². The van der Waals surface area contributed by atoms with Gasteiger partial charge < -0.3 is 5.32 Å². The topological polar surface area (TPSA) is 29.1 Å². The molecule has 0 spiro atoms. The third-order valence-corrected chi connectivity index (χ3v) is 4.23. The first-order valence-electron chi connectivity index (χ1n) is 8.00. The van der Waals surface area contributed by atoms with E-state index in [9.17, 15) is 35.5 Å². The molecule has 0 aliphatic carbocycles. The predicted molar refractivity (Wildman–Crippen MR) is 89.9 cm³/mol. The molecule has 0 radical (unpaired) electrons. The molecule has 2 nitrogen and oxygen atoms in total. The van der Waals surface area contributed by atoms with Crippen LogP contribution in [0.25, 0.3) is 0 Å². The Morgan fingerprint density at radius 1 is 0.821 bits per heavy atom. The molecule has 2 aromatic carbocycles. The fourth-order valence-corrected chi connectivity index (χ4v) is 2.82. The number of nitrogens with one attached hydrogen (secondary N) is 1. The number of hydrogen-bond donors (Lipinski definition) is 1. The van der Waals surface area contributed by atoms with Crippen molar-refractivity contribution in [1.82, 2.24) is 0 Å². The second-order valence-corrected chi connectivity index (χ2v) is 6.46. The molecule has 0 aliphatic rings. The van der Waals surface area contributed by atoms with Gasteiger partial charge in [0.15, 0.2) is 0 Å². The number of anilines is 1. The van der Waals surface area contributed by atoms with E-state index in [-0.39, 0.29) is 22.4 Å². The molecule has 0 saturated heterocycles. The number of aryl methyl sites for hydroxylation is 3. The molecule has 2 aromatic rings. The normalized spacial score (nSPS) is 12.8. The van der Waals surface area contributed by atoms with E-state index in [4.69, 9.17) is 0 Å². The number of hydrogen-bond acceptors (Lipinski definition) is 1. The zero-order chi connectivity index (χ0) is 21.5. The lowest BCUT2D eigenvalue weighted by Gasteiger charge is -2.31. The Morgan fingerprint density at radius 3 is 1.75 bits per heavy atom. The minimum Gasteiger partial charge on any atom is -0.322 e. The summed E-state index contributed by atoms with van der Waals surface area (Å²) in [7, 11) is 0. The van der Waals surface area contributed by atoms with Gasteiger partial charge in [-0.15, -0.1) is 0 Å². The average molecular weight is 407 g/mol. The quantitative estimate of drug-likeness (QED) is 0.608. The second-order valence-electron chi connectivity index (χ2n) is 6.46. The largest absolute Gasteiger partial charge is 0.435 e. The summed E-state index contributed by atoms with van der Waals surface area (Å²) in [5.74, 6) is -0.596. The zero-order valence-electron chi connectivity index (χ0n) is 15.0. The highest BCUT2D eigenvalue weighted by Gasteiger charge is 2.73. The number of alkyl halides is 7. The average Bonchev–Trinajstić information content (AvgIpc) is 2.54. The molecule has 0 bridgehead atoms. The number of benzene rings is 2. The summed E-state index contributed by atoms with van der Waals surface area (Å²) in [5.41, 5.74) is -6.31. The van der Waals surface area contributed by atoms with Crippen LogP contribution in [0.2, 0.25) is 0 Å². The van der Waals surface area contributed by atoms with Crippen LogP contribution in [-0.4, -0.2) is 18.3 Å². The van der Waals surface area contributed by atoms with Gasteiger partial charge in [0.05, 0.1) is 0 Å². The molecule has 152 valence electrons. The molecule has 0 unspecified atom stereocenters. The summed E-state index contributed by atoms with van der Waals surface area (Å²) in [6, 6.07) is 7.32. The van der Waals surface area contributed by atoms with Gasteiger partial charge in [-0.05, 0) is 44.0 Å². The lowest BCUT2D eigenvalue weighted by molar-refractivity contribution is -0.348. The van der Waals surface area contributed by atoms with Crippen molar-refractivity contribution in [1.29, 1.82) is 0 Å². The Kier molecular flexibility index (Phi) is 5.51. The molecule has 0 aliphatic heterocycles. The van der Waals surface area contributed by atoms with Crippen LogP contribution >= 0.6 is 0 Å². The summed E-state index contributed by atoms with van der Waals surface area (Å²) in [6.45, 7) is 4.13. The number of carbonyl (C=O) groups is 1. The Morgan fingerprint density at radius 2 is 1.32 bits per heavy atom. The highest BCUT2D eigenvalue weighted by Crippen LogP contribution is 2.53. The fraction of sp³-hybridized carbons (Fsp3) is 0.316. The van der Waals surface area contributed by atoms with E-state index in [1.165, 1.54) is 19.9 Å². The first-order valence-corrected chi connectivity index (χ1v) is 8.00. The standard InChI is InChI=1S/C19H16F7NO/c1-10-5-4-6-13(7-10)16(28)27-15-11(2)8-14(9-12(15)3)17(20,18(21,22)23)19(24,25)26/h4-9H,1-3H3,(H,27,28). The minimum atomic E-state index is -6.20. The lowest BCUT2D eigenvalue weighted by atomic mass is 9.90. The third-order valence-electron chi connectivity index (χ3n) is 4.23. The fourth-order valence-electron chi connectivity index (χ4n) is 2.82. The van der Waals surface area contributed by atoms with Crippen LogP contribution in [0.3, 0.4) is 0 Å². The van der Waals surface area contributed by atoms with Gasteiger partial charge in [-0.2, -0.15) is 26.3 Å². The zero-order valence-corrected chi connectivity index (χ0v) is 15.0. The lowest BCUT2D eigenvalue weighted by Crippen LogP contribution is -2.50. The molecule has 1 amide bonds. The van der Waals surface area contributed by atoms with Crippen molar-refractivity contribution in [2.75, 3.05) is 5.32 Å². The molecule has 9 heteroatoms. The van der Waals surface area contributed by atoms with Crippen LogP contribution < -0.4 is 5.32 Å².